The summed E-state index contributed by atoms with van der Waals surface area (Å²) in [7, 11) is 1.62. The average Bonchev–Trinajstić information content (AvgIpc) is 2.40. The zero-order chi connectivity index (χ0) is 15.0. The van der Waals surface area contributed by atoms with Gasteiger partial charge in [0.15, 0.2) is 0 Å². The van der Waals surface area contributed by atoms with E-state index >= 15 is 0 Å². The van der Waals surface area contributed by atoms with E-state index in [1.54, 1.807) is 7.11 Å². The molecule has 1 aromatic rings. The number of hydrogen-bond acceptors (Lipinski definition) is 4. The van der Waals surface area contributed by atoms with Gasteiger partial charge in [0.05, 0.1) is 22.8 Å². The fourth-order valence-corrected chi connectivity index (χ4v) is 1.66. The molecule has 0 heterocycles. The molecule has 0 atom stereocenters. The molecule has 1 aromatic carbocycles. The number of aromatic carboxylic acids is 1. The predicted molar refractivity (Wildman–Crippen MR) is 76.4 cm³/mol. The first-order valence-corrected chi connectivity index (χ1v) is 6.44. The molecule has 0 aliphatic carbocycles. The van der Waals surface area contributed by atoms with Crippen molar-refractivity contribution in [1.29, 1.82) is 0 Å². The van der Waals surface area contributed by atoms with Gasteiger partial charge >= 0.3 is 5.97 Å². The Labute approximate surface area is 122 Å². The number of rotatable bonds is 8. The third kappa shape index (κ3) is 5.56. The number of carboxylic acid groups (broad SMARTS) is 1. The fraction of sp³-hybridized carbons (Fsp3) is 0.385. The fourth-order valence-electron chi connectivity index (χ4n) is 1.49. The minimum Gasteiger partial charge on any atom is -0.478 e. The number of amides is 1. The van der Waals surface area contributed by atoms with Crippen LogP contribution in [-0.2, 0) is 9.53 Å². The highest BCUT2D eigenvalue weighted by atomic mass is 35.5. The summed E-state index contributed by atoms with van der Waals surface area (Å²) in [6.45, 7) is 1.41. The van der Waals surface area contributed by atoms with Gasteiger partial charge in [0.1, 0.15) is 0 Å². The van der Waals surface area contributed by atoms with Crippen molar-refractivity contribution in [2.45, 2.75) is 6.42 Å². The molecule has 7 heteroatoms. The Morgan fingerprint density at radius 1 is 1.40 bits per heavy atom. The van der Waals surface area contributed by atoms with E-state index in [4.69, 9.17) is 21.4 Å². The van der Waals surface area contributed by atoms with Crippen molar-refractivity contribution < 1.29 is 19.4 Å². The van der Waals surface area contributed by atoms with Gasteiger partial charge in [-0.3, -0.25) is 4.79 Å². The summed E-state index contributed by atoms with van der Waals surface area (Å²) in [4.78, 5) is 22.5. The summed E-state index contributed by atoms with van der Waals surface area (Å²) < 4.78 is 4.88. The van der Waals surface area contributed by atoms with Gasteiger partial charge in [-0.2, -0.15) is 0 Å². The summed E-state index contributed by atoms with van der Waals surface area (Å²) in [6.07, 6.45) is 0.805. The van der Waals surface area contributed by atoms with Crippen LogP contribution in [0.5, 0.6) is 0 Å². The molecule has 6 nitrogen and oxygen atoms in total. The van der Waals surface area contributed by atoms with Crippen LogP contribution in [0.4, 0.5) is 5.69 Å². The van der Waals surface area contributed by atoms with Crippen LogP contribution in [0.1, 0.15) is 16.8 Å². The van der Waals surface area contributed by atoms with Crippen molar-refractivity contribution in [3.63, 3.8) is 0 Å². The number of nitrogens with one attached hydrogen (secondary N) is 2. The van der Waals surface area contributed by atoms with Gasteiger partial charge in [-0.25, -0.2) is 4.79 Å². The number of methoxy groups -OCH3 is 1. The Balaban J connectivity index is 2.49. The van der Waals surface area contributed by atoms with Gasteiger partial charge in [0.25, 0.3) is 0 Å². The summed E-state index contributed by atoms with van der Waals surface area (Å²) in [5.74, 6) is -1.36. The van der Waals surface area contributed by atoms with Crippen molar-refractivity contribution in [1.82, 2.24) is 5.32 Å². The Morgan fingerprint density at radius 3 is 2.80 bits per heavy atom. The third-order valence-corrected chi connectivity index (χ3v) is 2.80. The van der Waals surface area contributed by atoms with Crippen LogP contribution < -0.4 is 10.6 Å². The van der Waals surface area contributed by atoms with Crippen LogP contribution in [0.2, 0.25) is 5.02 Å². The van der Waals surface area contributed by atoms with Crippen LogP contribution >= 0.6 is 11.6 Å². The van der Waals surface area contributed by atoms with Crippen molar-refractivity contribution in [2.24, 2.45) is 0 Å². The maximum absolute atomic E-state index is 11.7. The number of benzene rings is 1. The number of carboxylic acids is 1. The lowest BCUT2D eigenvalue weighted by Gasteiger charge is -2.09. The SMILES string of the molecule is COCCCNCC(=O)Nc1cc(C(=O)O)ccc1Cl. The van der Waals surface area contributed by atoms with Crippen LogP contribution in [-0.4, -0.2) is 43.8 Å². The Morgan fingerprint density at radius 2 is 2.15 bits per heavy atom. The Hall–Kier alpha value is -1.63. The summed E-state index contributed by atoms with van der Waals surface area (Å²) in [5.41, 5.74) is 0.355. The molecule has 0 bridgehead atoms. The van der Waals surface area contributed by atoms with E-state index in [1.807, 2.05) is 0 Å². The maximum Gasteiger partial charge on any atom is 0.335 e. The normalized spacial score (nSPS) is 10.3. The minimum absolute atomic E-state index is 0.0674. The number of anilines is 1. The smallest absolute Gasteiger partial charge is 0.335 e. The van der Waals surface area contributed by atoms with Crippen LogP contribution in [0.3, 0.4) is 0 Å². The number of carbonyl (C=O) groups is 2. The molecule has 3 N–H and O–H groups in total. The average molecular weight is 301 g/mol. The highest BCUT2D eigenvalue weighted by molar-refractivity contribution is 6.33. The standard InChI is InChI=1S/C13H17ClN2O4/c1-20-6-2-5-15-8-12(17)16-11-7-9(13(18)19)3-4-10(11)14/h3-4,7,15H,2,5-6,8H2,1H3,(H,16,17)(H,18,19). The van der Waals surface area contributed by atoms with Gasteiger partial charge in [-0.1, -0.05) is 11.6 Å². The summed E-state index contributed by atoms with van der Waals surface area (Å²) >= 11 is 5.90. The molecule has 0 aliphatic rings. The van der Waals surface area contributed by atoms with Crippen molar-refractivity contribution in [2.75, 3.05) is 32.1 Å². The van der Waals surface area contributed by atoms with Crippen LogP contribution in [0.15, 0.2) is 18.2 Å². The van der Waals surface area contributed by atoms with Gasteiger partial charge in [0.2, 0.25) is 5.91 Å². The first kappa shape index (κ1) is 16.4. The zero-order valence-corrected chi connectivity index (χ0v) is 11.9. The van der Waals surface area contributed by atoms with Gasteiger partial charge in [0, 0.05) is 13.7 Å². The lowest BCUT2D eigenvalue weighted by Crippen LogP contribution is -2.29. The molecule has 20 heavy (non-hydrogen) atoms. The van der Waals surface area contributed by atoms with E-state index in [9.17, 15) is 9.59 Å². The van der Waals surface area contributed by atoms with E-state index in [0.29, 0.717) is 18.2 Å². The molecule has 0 unspecified atom stereocenters. The molecule has 0 aromatic heterocycles. The Kier molecular flexibility index (Phi) is 7.00. The lowest BCUT2D eigenvalue weighted by molar-refractivity contribution is -0.115. The molecule has 0 radical (unpaired) electrons. The quantitative estimate of drug-likeness (QED) is 0.635. The highest BCUT2D eigenvalue weighted by Crippen LogP contribution is 2.22. The van der Waals surface area contributed by atoms with E-state index in [-0.39, 0.29) is 23.7 Å². The van der Waals surface area contributed by atoms with Crippen molar-refractivity contribution >= 4 is 29.2 Å². The van der Waals surface area contributed by atoms with Crippen molar-refractivity contribution in [3.05, 3.63) is 28.8 Å². The molecular weight excluding hydrogens is 284 g/mol. The zero-order valence-electron chi connectivity index (χ0n) is 11.1. The van der Waals surface area contributed by atoms with E-state index in [1.165, 1.54) is 18.2 Å². The predicted octanol–water partition coefficient (Wildman–Crippen LogP) is 1.60. The molecule has 1 amide bonds. The van der Waals surface area contributed by atoms with E-state index < -0.39 is 5.97 Å². The molecule has 0 aliphatic heterocycles. The second-order valence-electron chi connectivity index (χ2n) is 4.07. The first-order valence-electron chi connectivity index (χ1n) is 6.07. The number of ether oxygens (including phenoxy) is 1. The molecule has 1 rings (SSSR count). The third-order valence-electron chi connectivity index (χ3n) is 2.47. The summed E-state index contributed by atoms with van der Waals surface area (Å²) in [5, 5.41) is 14.7. The van der Waals surface area contributed by atoms with E-state index in [2.05, 4.69) is 10.6 Å². The molecule has 0 saturated carbocycles. The maximum atomic E-state index is 11.7. The molecule has 110 valence electrons. The van der Waals surface area contributed by atoms with Gasteiger partial charge in [-0.05, 0) is 31.2 Å². The molecular formula is C13H17ClN2O4. The minimum atomic E-state index is -1.07. The number of hydrogen-bond donors (Lipinski definition) is 3. The second-order valence-corrected chi connectivity index (χ2v) is 4.48. The van der Waals surface area contributed by atoms with Crippen LogP contribution in [0, 0.1) is 0 Å². The van der Waals surface area contributed by atoms with Gasteiger partial charge in [-0.15, -0.1) is 0 Å². The van der Waals surface area contributed by atoms with Crippen molar-refractivity contribution in [3.8, 4) is 0 Å². The first-order chi connectivity index (χ1) is 9.54. The van der Waals surface area contributed by atoms with Crippen LogP contribution in [0.25, 0.3) is 0 Å². The molecule has 0 saturated heterocycles. The number of carbonyl (C=O) groups excluding carboxylic acids is 1. The highest BCUT2D eigenvalue weighted by Gasteiger charge is 2.09. The topological polar surface area (TPSA) is 87.7 Å². The lowest BCUT2D eigenvalue weighted by atomic mass is 10.2. The summed E-state index contributed by atoms with van der Waals surface area (Å²) in [6, 6.07) is 4.14. The number of halogens is 1. The Bertz CT molecular complexity index is 479. The monoisotopic (exact) mass is 300 g/mol. The molecule has 0 spiro atoms. The second kappa shape index (κ2) is 8.52. The van der Waals surface area contributed by atoms with Gasteiger partial charge < -0.3 is 20.5 Å². The largest absolute Gasteiger partial charge is 0.478 e. The molecule has 0 fully saturated rings. The van der Waals surface area contributed by atoms with E-state index in [0.717, 1.165) is 6.42 Å².